The normalized spacial score (nSPS) is 15.6. The van der Waals surface area contributed by atoms with Gasteiger partial charge < -0.3 is 10.8 Å². The van der Waals surface area contributed by atoms with Crippen LogP contribution in [0, 0.1) is 5.92 Å². The minimum Gasteiger partial charge on any atom is -0.478 e. The van der Waals surface area contributed by atoms with Crippen molar-refractivity contribution in [3.05, 3.63) is 23.8 Å². The van der Waals surface area contributed by atoms with E-state index in [2.05, 4.69) is 0 Å². The lowest BCUT2D eigenvalue weighted by Gasteiger charge is -2.24. The summed E-state index contributed by atoms with van der Waals surface area (Å²) in [4.78, 5) is 11.1. The third-order valence-electron chi connectivity index (χ3n) is 3.32. The van der Waals surface area contributed by atoms with E-state index in [0.717, 1.165) is 12.8 Å². The number of rotatable bonds is 6. The lowest BCUT2D eigenvalue weighted by Crippen LogP contribution is -2.36. The maximum atomic E-state index is 12.8. The van der Waals surface area contributed by atoms with Gasteiger partial charge in [0, 0.05) is 18.3 Å². The fourth-order valence-electron chi connectivity index (χ4n) is 2.22. The highest BCUT2D eigenvalue weighted by molar-refractivity contribution is 7.89. The first kappa shape index (κ1) is 15.8. The van der Waals surface area contributed by atoms with Gasteiger partial charge in [-0.2, -0.15) is 4.31 Å². The fourth-order valence-corrected chi connectivity index (χ4v) is 4.29. The first-order valence-electron chi connectivity index (χ1n) is 6.88. The third kappa shape index (κ3) is 3.36. The van der Waals surface area contributed by atoms with Gasteiger partial charge in [0.05, 0.1) is 10.5 Å². The quantitative estimate of drug-likeness (QED) is 0.780. The van der Waals surface area contributed by atoms with Crippen LogP contribution in [0.3, 0.4) is 0 Å². The highest BCUT2D eigenvalue weighted by Crippen LogP contribution is 2.34. The maximum absolute atomic E-state index is 12.8. The topological polar surface area (TPSA) is 101 Å². The molecule has 0 aromatic heterocycles. The summed E-state index contributed by atoms with van der Waals surface area (Å²) in [6.07, 6.45) is 1.63. The second kappa shape index (κ2) is 5.65. The number of nitrogens with two attached hydrogens (primary N) is 1. The Bertz CT molecular complexity index is 651. The van der Waals surface area contributed by atoms with E-state index < -0.39 is 16.0 Å². The van der Waals surface area contributed by atoms with Crippen LogP contribution in [0.1, 0.15) is 37.0 Å². The molecule has 1 aromatic carbocycles. The Balaban J connectivity index is 2.51. The summed E-state index contributed by atoms with van der Waals surface area (Å²) >= 11 is 0. The molecule has 2 rings (SSSR count). The van der Waals surface area contributed by atoms with Gasteiger partial charge >= 0.3 is 5.97 Å². The molecular formula is C14H20N2O4S. The van der Waals surface area contributed by atoms with Crippen LogP contribution < -0.4 is 5.73 Å². The molecule has 6 nitrogen and oxygen atoms in total. The molecule has 1 saturated carbocycles. The van der Waals surface area contributed by atoms with Crippen LogP contribution in [0.25, 0.3) is 0 Å². The summed E-state index contributed by atoms with van der Waals surface area (Å²) in [6, 6.07) is 3.84. The number of nitrogen functional groups attached to an aromatic ring is 1. The van der Waals surface area contributed by atoms with E-state index in [1.54, 1.807) is 0 Å². The van der Waals surface area contributed by atoms with Crippen LogP contribution in [0.5, 0.6) is 0 Å². The van der Waals surface area contributed by atoms with E-state index in [9.17, 15) is 18.3 Å². The van der Waals surface area contributed by atoms with Crippen molar-refractivity contribution in [3.8, 4) is 0 Å². The summed E-state index contributed by atoms with van der Waals surface area (Å²) in [7, 11) is -3.86. The van der Waals surface area contributed by atoms with Crippen molar-refractivity contribution in [2.45, 2.75) is 37.6 Å². The van der Waals surface area contributed by atoms with Crippen LogP contribution in [0.4, 0.5) is 5.69 Å². The molecule has 0 amide bonds. The molecule has 3 N–H and O–H groups in total. The predicted molar refractivity (Wildman–Crippen MR) is 79.6 cm³/mol. The van der Waals surface area contributed by atoms with Crippen LogP contribution in [0.15, 0.2) is 23.1 Å². The van der Waals surface area contributed by atoms with Crippen molar-refractivity contribution in [2.24, 2.45) is 5.92 Å². The molecule has 0 bridgehead atoms. The molecule has 7 heteroatoms. The minimum atomic E-state index is -3.86. The van der Waals surface area contributed by atoms with Gasteiger partial charge in [-0.05, 0) is 37.0 Å². The Morgan fingerprint density at radius 2 is 2.05 bits per heavy atom. The molecule has 1 aliphatic rings. The Morgan fingerprint density at radius 1 is 1.43 bits per heavy atom. The van der Waals surface area contributed by atoms with Gasteiger partial charge in [-0.25, -0.2) is 13.2 Å². The average Bonchev–Trinajstić information content (AvgIpc) is 3.19. The highest BCUT2D eigenvalue weighted by atomic mass is 32.2. The van der Waals surface area contributed by atoms with Crippen molar-refractivity contribution < 1.29 is 18.3 Å². The third-order valence-corrected chi connectivity index (χ3v) is 5.28. The second-order valence-electron chi connectivity index (χ2n) is 5.76. The fraction of sp³-hybridized carbons (Fsp3) is 0.500. The van der Waals surface area contributed by atoms with Crippen molar-refractivity contribution >= 4 is 21.7 Å². The van der Waals surface area contributed by atoms with E-state index in [-0.39, 0.29) is 28.1 Å². The standard InChI is InChI=1S/C14H20N2O4S/c1-9(2)8-16(11-4-5-11)21(19,20)13-7-10(15)3-6-12(13)14(17)18/h3,6-7,9,11H,4-5,8,15H2,1-2H3,(H,17,18). The number of benzene rings is 1. The number of hydrogen-bond donors (Lipinski definition) is 2. The van der Waals surface area contributed by atoms with E-state index in [1.807, 2.05) is 13.8 Å². The lowest BCUT2D eigenvalue weighted by molar-refractivity contribution is 0.0692. The first-order valence-corrected chi connectivity index (χ1v) is 8.32. The Morgan fingerprint density at radius 3 is 2.52 bits per heavy atom. The largest absolute Gasteiger partial charge is 0.478 e. The smallest absolute Gasteiger partial charge is 0.337 e. The monoisotopic (exact) mass is 312 g/mol. The number of anilines is 1. The van der Waals surface area contributed by atoms with E-state index >= 15 is 0 Å². The lowest BCUT2D eigenvalue weighted by atomic mass is 10.2. The number of carboxylic acids is 1. The number of carboxylic acid groups (broad SMARTS) is 1. The number of sulfonamides is 1. The average molecular weight is 312 g/mol. The van der Waals surface area contributed by atoms with Crippen molar-refractivity contribution in [1.29, 1.82) is 0 Å². The van der Waals surface area contributed by atoms with Crippen molar-refractivity contribution in [1.82, 2.24) is 4.31 Å². The molecule has 0 atom stereocenters. The molecule has 0 spiro atoms. The molecule has 1 aliphatic carbocycles. The molecule has 0 unspecified atom stereocenters. The molecule has 0 saturated heterocycles. The maximum Gasteiger partial charge on any atom is 0.337 e. The zero-order chi connectivity index (χ0) is 15.8. The number of aromatic carboxylic acids is 1. The predicted octanol–water partition coefficient (Wildman–Crippen LogP) is 1.78. The van der Waals surface area contributed by atoms with Crippen LogP contribution in [0.2, 0.25) is 0 Å². The SMILES string of the molecule is CC(C)CN(C1CC1)S(=O)(=O)c1cc(N)ccc1C(=O)O. The molecule has 116 valence electrons. The Kier molecular flexibility index (Phi) is 4.25. The van der Waals surface area contributed by atoms with Crippen LogP contribution in [-0.2, 0) is 10.0 Å². The van der Waals surface area contributed by atoms with Gasteiger partial charge in [0.1, 0.15) is 0 Å². The summed E-state index contributed by atoms with van der Waals surface area (Å²) < 4.78 is 27.1. The van der Waals surface area contributed by atoms with Crippen molar-refractivity contribution in [2.75, 3.05) is 12.3 Å². The van der Waals surface area contributed by atoms with E-state index in [1.165, 1.54) is 22.5 Å². The summed E-state index contributed by atoms with van der Waals surface area (Å²) in [5, 5.41) is 9.21. The molecule has 0 heterocycles. The van der Waals surface area contributed by atoms with Crippen molar-refractivity contribution in [3.63, 3.8) is 0 Å². The molecule has 0 radical (unpaired) electrons. The van der Waals surface area contributed by atoms with Gasteiger partial charge in [-0.3, -0.25) is 0 Å². The second-order valence-corrected chi connectivity index (χ2v) is 7.62. The van der Waals surface area contributed by atoms with Crippen LogP contribution >= 0.6 is 0 Å². The number of hydrogen-bond acceptors (Lipinski definition) is 4. The number of nitrogens with zero attached hydrogens (tertiary/aromatic N) is 1. The zero-order valence-corrected chi connectivity index (χ0v) is 12.9. The summed E-state index contributed by atoms with van der Waals surface area (Å²) in [5.74, 6) is -1.11. The van der Waals surface area contributed by atoms with Gasteiger partial charge in [0.25, 0.3) is 0 Å². The Hall–Kier alpha value is -1.60. The van der Waals surface area contributed by atoms with Gasteiger partial charge in [0.15, 0.2) is 0 Å². The molecule has 21 heavy (non-hydrogen) atoms. The molecule has 0 aliphatic heterocycles. The summed E-state index contributed by atoms with van der Waals surface area (Å²) in [6.45, 7) is 4.24. The van der Waals surface area contributed by atoms with Gasteiger partial charge in [-0.15, -0.1) is 0 Å². The minimum absolute atomic E-state index is 0.0273. The first-order chi connectivity index (χ1) is 9.73. The van der Waals surface area contributed by atoms with Gasteiger partial charge in [-0.1, -0.05) is 13.8 Å². The molecular weight excluding hydrogens is 292 g/mol. The molecule has 1 aromatic rings. The summed E-state index contributed by atoms with van der Waals surface area (Å²) in [5.41, 5.74) is 5.64. The number of carbonyl (C=O) groups is 1. The van der Waals surface area contributed by atoms with Gasteiger partial charge in [0.2, 0.25) is 10.0 Å². The zero-order valence-electron chi connectivity index (χ0n) is 12.1. The Labute approximate surface area is 124 Å². The molecule has 1 fully saturated rings. The van der Waals surface area contributed by atoms with Crippen LogP contribution in [-0.4, -0.2) is 36.4 Å². The highest BCUT2D eigenvalue weighted by Gasteiger charge is 2.39. The van der Waals surface area contributed by atoms with E-state index in [0.29, 0.717) is 6.54 Å². The van der Waals surface area contributed by atoms with E-state index in [4.69, 9.17) is 5.73 Å².